The Morgan fingerprint density at radius 3 is 2.52 bits per heavy atom. The molecule has 1 amide bonds. The summed E-state index contributed by atoms with van der Waals surface area (Å²) in [6.07, 6.45) is 0. The van der Waals surface area contributed by atoms with Crippen molar-refractivity contribution in [3.05, 3.63) is 34.1 Å². The van der Waals surface area contributed by atoms with Crippen LogP contribution < -0.4 is 0 Å². The van der Waals surface area contributed by atoms with Gasteiger partial charge in [0.1, 0.15) is 5.82 Å². The number of nitrogens with zero attached hydrogens (tertiary/aromatic N) is 3. The van der Waals surface area contributed by atoms with Gasteiger partial charge in [-0.3, -0.25) is 9.69 Å². The molecule has 0 bridgehead atoms. The molecule has 1 aromatic carbocycles. The number of hydrogen-bond acceptors (Lipinski definition) is 3. The van der Waals surface area contributed by atoms with Gasteiger partial charge in [-0.15, -0.1) is 0 Å². The standard InChI is InChI=1S/C15H21BrFN3O/c1-18(2)5-6-19-7-9-20(10-8-19)15(21)13-4-3-12(16)11-14(13)17/h3-4,11H,5-10H2,1-2H3. The molecule has 1 heterocycles. The van der Waals surface area contributed by atoms with Crippen molar-refractivity contribution in [1.82, 2.24) is 14.7 Å². The maximum absolute atomic E-state index is 13.8. The molecular weight excluding hydrogens is 337 g/mol. The smallest absolute Gasteiger partial charge is 0.256 e. The van der Waals surface area contributed by atoms with Crippen LogP contribution in [-0.2, 0) is 0 Å². The van der Waals surface area contributed by atoms with Gasteiger partial charge < -0.3 is 9.80 Å². The minimum atomic E-state index is -0.468. The SMILES string of the molecule is CN(C)CCN1CCN(C(=O)c2ccc(Br)cc2F)CC1. The third-order valence-electron chi connectivity index (χ3n) is 3.68. The number of hydrogen-bond donors (Lipinski definition) is 0. The third kappa shape index (κ3) is 4.49. The summed E-state index contributed by atoms with van der Waals surface area (Å²) in [6.45, 7) is 5.01. The van der Waals surface area contributed by atoms with E-state index in [0.717, 1.165) is 26.2 Å². The monoisotopic (exact) mass is 357 g/mol. The molecule has 0 N–H and O–H groups in total. The van der Waals surface area contributed by atoms with E-state index in [4.69, 9.17) is 0 Å². The molecule has 0 radical (unpaired) electrons. The van der Waals surface area contributed by atoms with Crippen LogP contribution in [0.5, 0.6) is 0 Å². The third-order valence-corrected chi connectivity index (χ3v) is 4.18. The van der Waals surface area contributed by atoms with E-state index in [0.29, 0.717) is 17.6 Å². The van der Waals surface area contributed by atoms with Gasteiger partial charge in [-0.1, -0.05) is 15.9 Å². The molecule has 1 saturated heterocycles. The fourth-order valence-electron chi connectivity index (χ4n) is 2.35. The van der Waals surface area contributed by atoms with Gasteiger partial charge in [-0.05, 0) is 32.3 Å². The zero-order valence-corrected chi connectivity index (χ0v) is 14.1. The quantitative estimate of drug-likeness (QED) is 0.823. The number of likely N-dealkylation sites (N-methyl/N-ethyl adjacent to an activating group) is 1. The Kier molecular flexibility index (Phi) is 5.72. The molecule has 1 aliphatic rings. The minimum Gasteiger partial charge on any atom is -0.336 e. The molecule has 6 heteroatoms. The van der Waals surface area contributed by atoms with Gasteiger partial charge in [0.05, 0.1) is 5.56 Å². The molecular formula is C15H21BrFN3O. The summed E-state index contributed by atoms with van der Waals surface area (Å²) >= 11 is 3.20. The van der Waals surface area contributed by atoms with Crippen LogP contribution in [0.2, 0.25) is 0 Å². The number of amides is 1. The Morgan fingerprint density at radius 1 is 1.29 bits per heavy atom. The van der Waals surface area contributed by atoms with Gasteiger partial charge in [-0.2, -0.15) is 0 Å². The van der Waals surface area contributed by atoms with Gasteiger partial charge in [0.15, 0.2) is 0 Å². The summed E-state index contributed by atoms with van der Waals surface area (Å²) in [7, 11) is 4.10. The summed E-state index contributed by atoms with van der Waals surface area (Å²) in [5.41, 5.74) is 0.153. The molecule has 1 aromatic rings. The lowest BCUT2D eigenvalue weighted by atomic mass is 10.1. The first-order chi connectivity index (χ1) is 9.97. The first kappa shape index (κ1) is 16.4. The Bertz CT molecular complexity index is 502. The lowest BCUT2D eigenvalue weighted by Gasteiger charge is -2.35. The summed E-state index contributed by atoms with van der Waals surface area (Å²) in [5.74, 6) is -0.684. The highest BCUT2D eigenvalue weighted by Crippen LogP contribution is 2.17. The van der Waals surface area contributed by atoms with Crippen molar-refractivity contribution in [1.29, 1.82) is 0 Å². The molecule has 0 aliphatic carbocycles. The predicted octanol–water partition coefficient (Wildman–Crippen LogP) is 1.91. The fraction of sp³-hybridized carbons (Fsp3) is 0.533. The molecule has 4 nitrogen and oxygen atoms in total. The minimum absolute atomic E-state index is 0.153. The Morgan fingerprint density at radius 2 is 1.95 bits per heavy atom. The lowest BCUT2D eigenvalue weighted by molar-refractivity contribution is 0.0625. The van der Waals surface area contributed by atoms with E-state index < -0.39 is 5.82 Å². The van der Waals surface area contributed by atoms with E-state index in [1.54, 1.807) is 17.0 Å². The molecule has 1 aliphatic heterocycles. The van der Waals surface area contributed by atoms with Crippen LogP contribution in [0.25, 0.3) is 0 Å². The van der Waals surface area contributed by atoms with Crippen molar-refractivity contribution >= 4 is 21.8 Å². The van der Waals surface area contributed by atoms with Crippen molar-refractivity contribution in [2.75, 3.05) is 53.4 Å². The molecule has 21 heavy (non-hydrogen) atoms. The second-order valence-electron chi connectivity index (χ2n) is 5.56. The second-order valence-corrected chi connectivity index (χ2v) is 6.48. The van der Waals surface area contributed by atoms with Crippen LogP contribution in [0.15, 0.2) is 22.7 Å². The second kappa shape index (κ2) is 7.33. The first-order valence-electron chi connectivity index (χ1n) is 7.09. The first-order valence-corrected chi connectivity index (χ1v) is 7.88. The Labute approximate surface area is 133 Å². The lowest BCUT2D eigenvalue weighted by Crippen LogP contribution is -2.50. The average Bonchev–Trinajstić information content (AvgIpc) is 2.45. The van der Waals surface area contributed by atoms with Gasteiger partial charge in [-0.25, -0.2) is 4.39 Å². The zero-order chi connectivity index (χ0) is 15.4. The summed E-state index contributed by atoms with van der Waals surface area (Å²) in [5, 5.41) is 0. The largest absolute Gasteiger partial charge is 0.336 e. The summed E-state index contributed by atoms with van der Waals surface area (Å²) in [6, 6.07) is 4.57. The van der Waals surface area contributed by atoms with Crippen molar-refractivity contribution in [3.63, 3.8) is 0 Å². The molecule has 0 aromatic heterocycles. The van der Waals surface area contributed by atoms with Gasteiger partial charge in [0.2, 0.25) is 0 Å². The van der Waals surface area contributed by atoms with Crippen molar-refractivity contribution in [3.8, 4) is 0 Å². The van der Waals surface area contributed by atoms with Crippen LogP contribution in [0.3, 0.4) is 0 Å². The van der Waals surface area contributed by atoms with Crippen LogP contribution in [-0.4, -0.2) is 74.0 Å². The van der Waals surface area contributed by atoms with Crippen LogP contribution in [0.4, 0.5) is 4.39 Å². The highest BCUT2D eigenvalue weighted by Gasteiger charge is 2.23. The number of carbonyl (C=O) groups excluding carboxylic acids is 1. The Hall–Kier alpha value is -0.980. The van der Waals surface area contributed by atoms with E-state index in [2.05, 4.69) is 39.8 Å². The van der Waals surface area contributed by atoms with Crippen LogP contribution >= 0.6 is 15.9 Å². The fourth-order valence-corrected chi connectivity index (χ4v) is 2.68. The number of halogens is 2. The number of piperazine rings is 1. The number of benzene rings is 1. The van der Waals surface area contributed by atoms with Crippen molar-refractivity contribution in [2.24, 2.45) is 0 Å². The molecule has 0 unspecified atom stereocenters. The average molecular weight is 358 g/mol. The van der Waals surface area contributed by atoms with E-state index in [1.807, 2.05) is 0 Å². The number of rotatable bonds is 4. The molecule has 0 saturated carbocycles. The Balaban J connectivity index is 1.91. The molecule has 2 rings (SSSR count). The highest BCUT2D eigenvalue weighted by molar-refractivity contribution is 9.10. The maximum atomic E-state index is 13.8. The predicted molar refractivity (Wildman–Crippen MR) is 85.0 cm³/mol. The number of carbonyl (C=O) groups is 1. The molecule has 0 spiro atoms. The normalized spacial score (nSPS) is 16.5. The van der Waals surface area contributed by atoms with E-state index in [1.165, 1.54) is 6.07 Å². The zero-order valence-electron chi connectivity index (χ0n) is 12.5. The summed E-state index contributed by atoms with van der Waals surface area (Å²) < 4.78 is 14.5. The van der Waals surface area contributed by atoms with E-state index in [9.17, 15) is 9.18 Å². The molecule has 1 fully saturated rings. The maximum Gasteiger partial charge on any atom is 0.256 e. The van der Waals surface area contributed by atoms with Crippen LogP contribution in [0, 0.1) is 5.82 Å². The van der Waals surface area contributed by atoms with Crippen molar-refractivity contribution in [2.45, 2.75) is 0 Å². The topological polar surface area (TPSA) is 26.8 Å². The summed E-state index contributed by atoms with van der Waals surface area (Å²) in [4.78, 5) is 18.6. The van der Waals surface area contributed by atoms with Crippen molar-refractivity contribution < 1.29 is 9.18 Å². The van der Waals surface area contributed by atoms with E-state index in [-0.39, 0.29) is 11.5 Å². The van der Waals surface area contributed by atoms with Gasteiger partial charge in [0, 0.05) is 43.7 Å². The molecule has 116 valence electrons. The van der Waals surface area contributed by atoms with Gasteiger partial charge in [0.25, 0.3) is 5.91 Å². The van der Waals surface area contributed by atoms with Gasteiger partial charge >= 0.3 is 0 Å². The van der Waals surface area contributed by atoms with Crippen LogP contribution in [0.1, 0.15) is 10.4 Å². The highest BCUT2D eigenvalue weighted by atomic mass is 79.9. The van der Waals surface area contributed by atoms with E-state index >= 15 is 0 Å². The molecule has 0 atom stereocenters.